The summed E-state index contributed by atoms with van der Waals surface area (Å²) >= 11 is 0. The molecule has 0 heterocycles. The highest BCUT2D eigenvalue weighted by molar-refractivity contribution is 5.78. The summed E-state index contributed by atoms with van der Waals surface area (Å²) in [4.78, 5) is 0. The Morgan fingerprint density at radius 2 is 2.00 bits per heavy atom. The molecule has 0 saturated carbocycles. The monoisotopic (exact) mass is 186 g/mol. The minimum Gasteiger partial charge on any atom is -0.384 e. The third kappa shape index (κ3) is 1.51. The molecule has 0 bridgehead atoms. The zero-order valence-corrected chi connectivity index (χ0v) is 8.49. The van der Waals surface area contributed by atoms with Crippen molar-refractivity contribution < 1.29 is 5.11 Å². The van der Waals surface area contributed by atoms with Gasteiger partial charge in [-0.2, -0.15) is 0 Å². The normalized spacial score (nSPS) is 20.6. The van der Waals surface area contributed by atoms with E-state index in [1.165, 1.54) is 5.56 Å². The van der Waals surface area contributed by atoms with Gasteiger partial charge in [0.25, 0.3) is 0 Å². The summed E-state index contributed by atoms with van der Waals surface area (Å²) in [7, 11) is 0. The average Bonchev–Trinajstić information content (AvgIpc) is 2.46. The maximum absolute atomic E-state index is 9.76. The fraction of sp³-hybridized carbons (Fsp3) is 0.231. The minimum atomic E-state index is -0.434. The van der Waals surface area contributed by atoms with Gasteiger partial charge in [0.1, 0.15) is 0 Å². The lowest BCUT2D eigenvalue weighted by atomic mass is 9.99. The third-order valence-corrected chi connectivity index (χ3v) is 2.58. The number of allylic oxidation sites excluding steroid dienone is 2. The second-order valence-electron chi connectivity index (χ2n) is 3.77. The zero-order valence-electron chi connectivity index (χ0n) is 8.49. The van der Waals surface area contributed by atoms with Crippen molar-refractivity contribution in [3.8, 4) is 0 Å². The summed E-state index contributed by atoms with van der Waals surface area (Å²) in [5, 5.41) is 9.76. The van der Waals surface area contributed by atoms with Gasteiger partial charge < -0.3 is 5.11 Å². The summed E-state index contributed by atoms with van der Waals surface area (Å²) in [6, 6.07) is 8.24. The second kappa shape index (κ2) is 3.43. The Morgan fingerprint density at radius 1 is 1.21 bits per heavy atom. The van der Waals surface area contributed by atoms with Gasteiger partial charge in [0.15, 0.2) is 0 Å². The van der Waals surface area contributed by atoms with Crippen LogP contribution in [0.2, 0.25) is 0 Å². The van der Waals surface area contributed by atoms with E-state index in [-0.39, 0.29) is 0 Å². The van der Waals surface area contributed by atoms with Crippen LogP contribution in [-0.2, 0) is 0 Å². The summed E-state index contributed by atoms with van der Waals surface area (Å²) in [5.41, 5.74) is 4.54. The molecule has 1 atom stereocenters. The summed E-state index contributed by atoms with van der Waals surface area (Å²) in [5.74, 6) is 0. The number of rotatable bonds is 1. The highest BCUT2D eigenvalue weighted by Crippen LogP contribution is 2.29. The van der Waals surface area contributed by atoms with Crippen LogP contribution < -0.4 is 0 Å². The molecule has 0 amide bonds. The van der Waals surface area contributed by atoms with Crippen molar-refractivity contribution >= 4 is 5.57 Å². The third-order valence-electron chi connectivity index (χ3n) is 2.58. The molecule has 0 radical (unpaired) electrons. The maximum Gasteiger partial charge on any atom is 0.0983 e. The van der Waals surface area contributed by atoms with Gasteiger partial charge in [0.2, 0.25) is 0 Å². The van der Waals surface area contributed by atoms with Crippen molar-refractivity contribution in [3.63, 3.8) is 0 Å². The molecule has 0 fully saturated rings. The molecule has 1 N–H and O–H groups in total. The fourth-order valence-corrected chi connectivity index (χ4v) is 1.87. The summed E-state index contributed by atoms with van der Waals surface area (Å²) in [6.07, 6.45) is 3.37. The van der Waals surface area contributed by atoms with E-state index in [9.17, 15) is 5.11 Å². The lowest BCUT2D eigenvalue weighted by Crippen LogP contribution is -2.03. The Balaban J connectivity index is 2.46. The van der Waals surface area contributed by atoms with Crippen molar-refractivity contribution in [1.29, 1.82) is 0 Å². The van der Waals surface area contributed by atoms with E-state index in [0.717, 1.165) is 16.7 Å². The van der Waals surface area contributed by atoms with Crippen LogP contribution >= 0.6 is 0 Å². The predicted octanol–water partition coefficient (Wildman–Crippen LogP) is 2.70. The van der Waals surface area contributed by atoms with Gasteiger partial charge in [-0.1, -0.05) is 42.0 Å². The van der Waals surface area contributed by atoms with Gasteiger partial charge >= 0.3 is 0 Å². The van der Waals surface area contributed by atoms with E-state index in [1.807, 2.05) is 31.2 Å². The summed E-state index contributed by atoms with van der Waals surface area (Å²) < 4.78 is 0. The molecule has 1 aliphatic carbocycles. The number of hydrogen-bond donors (Lipinski definition) is 1. The first kappa shape index (κ1) is 9.22. The van der Waals surface area contributed by atoms with Crippen LogP contribution in [0, 0.1) is 6.92 Å². The van der Waals surface area contributed by atoms with Crippen LogP contribution in [0.3, 0.4) is 0 Å². The fourth-order valence-electron chi connectivity index (χ4n) is 1.87. The first-order valence-corrected chi connectivity index (χ1v) is 4.82. The molecule has 0 aromatic heterocycles. The molecule has 1 aliphatic rings. The topological polar surface area (TPSA) is 20.2 Å². The maximum atomic E-state index is 9.76. The lowest BCUT2D eigenvalue weighted by Gasteiger charge is -2.10. The largest absolute Gasteiger partial charge is 0.384 e. The Kier molecular flexibility index (Phi) is 2.26. The highest BCUT2D eigenvalue weighted by atomic mass is 16.3. The van der Waals surface area contributed by atoms with E-state index in [4.69, 9.17) is 0 Å². The molecule has 72 valence electrons. The van der Waals surface area contributed by atoms with Gasteiger partial charge in [-0.15, -0.1) is 0 Å². The summed E-state index contributed by atoms with van der Waals surface area (Å²) in [6.45, 7) is 4.10. The van der Waals surface area contributed by atoms with Crippen LogP contribution in [0.4, 0.5) is 0 Å². The molecule has 0 saturated heterocycles. The SMILES string of the molecule is CC1=C(c2cccc(C)c2)C(O)C=C1. The molecule has 1 aromatic rings. The Morgan fingerprint density at radius 3 is 2.57 bits per heavy atom. The van der Waals surface area contributed by atoms with E-state index in [0.29, 0.717) is 0 Å². The molecular formula is C13H14O. The first-order valence-electron chi connectivity index (χ1n) is 4.82. The van der Waals surface area contributed by atoms with E-state index in [1.54, 1.807) is 0 Å². The van der Waals surface area contributed by atoms with E-state index >= 15 is 0 Å². The lowest BCUT2D eigenvalue weighted by molar-refractivity contribution is 0.282. The number of aliphatic hydroxyl groups excluding tert-OH is 1. The van der Waals surface area contributed by atoms with E-state index in [2.05, 4.69) is 19.1 Å². The smallest absolute Gasteiger partial charge is 0.0983 e. The molecule has 1 aromatic carbocycles. The number of benzene rings is 1. The van der Waals surface area contributed by atoms with Gasteiger partial charge in [0, 0.05) is 0 Å². The Hall–Kier alpha value is -1.34. The van der Waals surface area contributed by atoms with Crippen molar-refractivity contribution in [2.75, 3.05) is 0 Å². The molecule has 2 rings (SSSR count). The van der Waals surface area contributed by atoms with Gasteiger partial charge in [-0.25, -0.2) is 0 Å². The van der Waals surface area contributed by atoms with Crippen molar-refractivity contribution in [2.24, 2.45) is 0 Å². The number of aliphatic hydroxyl groups is 1. The molecule has 1 nitrogen and oxygen atoms in total. The zero-order chi connectivity index (χ0) is 10.1. The number of hydrogen-bond acceptors (Lipinski definition) is 1. The Bertz CT molecular complexity index is 413. The van der Waals surface area contributed by atoms with Crippen molar-refractivity contribution in [1.82, 2.24) is 0 Å². The van der Waals surface area contributed by atoms with Crippen LogP contribution in [0.25, 0.3) is 5.57 Å². The van der Waals surface area contributed by atoms with Crippen molar-refractivity contribution in [2.45, 2.75) is 20.0 Å². The number of aryl methyl sites for hydroxylation is 1. The molecule has 1 heteroatoms. The minimum absolute atomic E-state index is 0.434. The highest BCUT2D eigenvalue weighted by Gasteiger charge is 2.16. The Labute approximate surface area is 84.4 Å². The van der Waals surface area contributed by atoms with Crippen molar-refractivity contribution in [3.05, 3.63) is 53.1 Å². The second-order valence-corrected chi connectivity index (χ2v) is 3.77. The van der Waals surface area contributed by atoms with Gasteiger partial charge in [-0.05, 0) is 30.6 Å². The standard InChI is InChI=1S/C13H14O/c1-9-4-3-5-11(8-9)13-10(2)6-7-12(13)14/h3-8,12,14H,1-2H3. The van der Waals surface area contributed by atoms with E-state index < -0.39 is 6.10 Å². The molecule has 0 aliphatic heterocycles. The van der Waals surface area contributed by atoms with Gasteiger partial charge in [-0.3, -0.25) is 0 Å². The van der Waals surface area contributed by atoms with Crippen LogP contribution in [0.1, 0.15) is 18.1 Å². The average molecular weight is 186 g/mol. The predicted molar refractivity (Wildman–Crippen MR) is 58.9 cm³/mol. The first-order chi connectivity index (χ1) is 6.68. The molecule has 14 heavy (non-hydrogen) atoms. The van der Waals surface area contributed by atoms with Crippen LogP contribution in [-0.4, -0.2) is 11.2 Å². The molecule has 1 unspecified atom stereocenters. The molecular weight excluding hydrogens is 172 g/mol. The van der Waals surface area contributed by atoms with Crippen LogP contribution in [0.15, 0.2) is 42.0 Å². The quantitative estimate of drug-likeness (QED) is 0.715. The van der Waals surface area contributed by atoms with Gasteiger partial charge in [0.05, 0.1) is 6.10 Å². The van der Waals surface area contributed by atoms with Crippen LogP contribution in [0.5, 0.6) is 0 Å². The molecule has 0 spiro atoms.